The molecule has 9 nitrogen and oxygen atoms in total. The van der Waals surface area contributed by atoms with Gasteiger partial charge in [-0.15, -0.1) is 0 Å². The lowest BCUT2D eigenvalue weighted by atomic mass is 9.87. The molecule has 1 amide bonds. The second kappa shape index (κ2) is 7.04. The van der Waals surface area contributed by atoms with Gasteiger partial charge in [-0.3, -0.25) is 9.48 Å². The van der Waals surface area contributed by atoms with Gasteiger partial charge >= 0.3 is 10.2 Å². The Balaban J connectivity index is 1.67. The normalized spacial score (nSPS) is 23.6. The Hall–Kier alpha value is -3.13. The highest BCUT2D eigenvalue weighted by Gasteiger charge is 2.38. The zero-order valence-electron chi connectivity index (χ0n) is 15.2. The number of nitrogens with one attached hydrogen (secondary N) is 1. The van der Waals surface area contributed by atoms with Crippen molar-refractivity contribution in [1.29, 1.82) is 5.26 Å². The van der Waals surface area contributed by atoms with Crippen molar-refractivity contribution >= 4 is 21.8 Å². The van der Waals surface area contributed by atoms with E-state index in [1.54, 1.807) is 15.6 Å². The van der Waals surface area contributed by atoms with Crippen molar-refractivity contribution in [2.45, 2.75) is 31.7 Å². The lowest BCUT2D eigenvalue weighted by molar-refractivity contribution is -0.117. The van der Waals surface area contributed by atoms with Gasteiger partial charge in [-0.25, -0.2) is 13.4 Å². The maximum Gasteiger partial charge on any atom is 0.326 e. The van der Waals surface area contributed by atoms with E-state index in [1.165, 1.54) is 18.3 Å². The molecule has 29 heavy (non-hydrogen) atoms. The van der Waals surface area contributed by atoms with Crippen LogP contribution in [-0.4, -0.2) is 35.8 Å². The molecule has 1 aromatic heterocycles. The molecule has 2 aliphatic rings. The van der Waals surface area contributed by atoms with Crippen molar-refractivity contribution in [1.82, 2.24) is 14.5 Å². The van der Waals surface area contributed by atoms with E-state index in [-0.39, 0.29) is 17.5 Å². The Morgan fingerprint density at radius 1 is 1.28 bits per heavy atom. The minimum atomic E-state index is -4.27. The third-order valence-corrected chi connectivity index (χ3v) is 6.71. The number of anilines is 1. The fourth-order valence-corrected chi connectivity index (χ4v) is 4.97. The first-order valence-corrected chi connectivity index (χ1v) is 10.5. The van der Waals surface area contributed by atoms with Gasteiger partial charge in [0.25, 0.3) is 5.91 Å². The van der Waals surface area contributed by atoms with Crippen LogP contribution in [-0.2, 0) is 15.0 Å². The molecule has 0 atom stereocenters. The van der Waals surface area contributed by atoms with Crippen LogP contribution >= 0.6 is 0 Å². The summed E-state index contributed by atoms with van der Waals surface area (Å²) in [6.45, 7) is -0.613. The van der Waals surface area contributed by atoms with Gasteiger partial charge in [0.15, 0.2) is 5.82 Å². The van der Waals surface area contributed by atoms with E-state index >= 15 is 4.39 Å². The van der Waals surface area contributed by atoms with Crippen molar-refractivity contribution in [3.8, 4) is 22.9 Å². The molecule has 152 valence electrons. The Labute approximate surface area is 166 Å². The standard InChI is InChI=1S/C18H18FN5O4S/c19-17-14(5-6-15(25)18(17)24-10-16(26)22-29(24,27)28)12-8-21-23(9-12)13-3-1-11(7-20)2-4-13/h5-6,8-9,11,13,25H,1-4,10H2,(H,22,26)/t11-,13-. The highest BCUT2D eigenvalue weighted by Crippen LogP contribution is 2.39. The topological polar surface area (TPSA) is 128 Å². The van der Waals surface area contributed by atoms with E-state index in [2.05, 4.69) is 11.2 Å². The third kappa shape index (κ3) is 3.40. The van der Waals surface area contributed by atoms with Crippen LogP contribution in [0.5, 0.6) is 5.75 Å². The molecule has 1 aromatic carbocycles. The van der Waals surface area contributed by atoms with Gasteiger partial charge < -0.3 is 5.11 Å². The number of amides is 1. The number of rotatable bonds is 3. The van der Waals surface area contributed by atoms with E-state index in [4.69, 9.17) is 5.26 Å². The zero-order valence-corrected chi connectivity index (χ0v) is 16.1. The highest BCUT2D eigenvalue weighted by molar-refractivity contribution is 7.92. The van der Waals surface area contributed by atoms with E-state index in [9.17, 15) is 18.3 Å². The summed E-state index contributed by atoms with van der Waals surface area (Å²) in [4.78, 5) is 11.5. The smallest absolute Gasteiger partial charge is 0.326 e. The Bertz CT molecular complexity index is 1120. The molecule has 1 saturated carbocycles. The SMILES string of the molecule is N#C[C@H]1CC[C@H](n2cc(-c3ccc(O)c(N4CC(=O)NS4(=O)=O)c3F)cn2)CC1. The van der Waals surface area contributed by atoms with Crippen LogP contribution in [0, 0.1) is 23.1 Å². The number of halogens is 1. The van der Waals surface area contributed by atoms with E-state index < -0.39 is 39.9 Å². The largest absolute Gasteiger partial charge is 0.506 e. The molecular formula is C18H18FN5O4S. The molecule has 2 aromatic rings. The molecule has 2 N–H and O–H groups in total. The summed E-state index contributed by atoms with van der Waals surface area (Å²) in [5.74, 6) is -2.31. The molecule has 2 fully saturated rings. The minimum Gasteiger partial charge on any atom is -0.506 e. The van der Waals surface area contributed by atoms with Gasteiger partial charge in [0, 0.05) is 23.2 Å². The Kier molecular flexibility index (Phi) is 4.66. The average Bonchev–Trinajstić information content (AvgIpc) is 3.26. The Morgan fingerprint density at radius 2 is 2.00 bits per heavy atom. The second-order valence-corrected chi connectivity index (χ2v) is 8.77. The molecular weight excluding hydrogens is 401 g/mol. The molecule has 0 bridgehead atoms. The molecule has 0 spiro atoms. The number of nitrogens with zero attached hydrogens (tertiary/aromatic N) is 4. The first-order valence-electron chi connectivity index (χ1n) is 9.09. The van der Waals surface area contributed by atoms with Crippen LogP contribution in [0.2, 0.25) is 0 Å². The van der Waals surface area contributed by atoms with E-state index in [0.29, 0.717) is 9.87 Å². The fourth-order valence-electron chi connectivity index (χ4n) is 3.81. The van der Waals surface area contributed by atoms with Crippen molar-refractivity contribution < 1.29 is 22.7 Å². The number of hydrogen-bond donors (Lipinski definition) is 2. The monoisotopic (exact) mass is 419 g/mol. The summed E-state index contributed by atoms with van der Waals surface area (Å²) < 4.78 is 43.3. The van der Waals surface area contributed by atoms with Crippen LogP contribution in [0.3, 0.4) is 0 Å². The van der Waals surface area contributed by atoms with Gasteiger partial charge in [0.05, 0.1) is 18.3 Å². The summed E-state index contributed by atoms with van der Waals surface area (Å²) in [5, 5.41) is 23.4. The van der Waals surface area contributed by atoms with Crippen molar-refractivity contribution in [3.05, 3.63) is 30.3 Å². The Morgan fingerprint density at radius 3 is 2.62 bits per heavy atom. The van der Waals surface area contributed by atoms with Crippen LogP contribution < -0.4 is 9.03 Å². The van der Waals surface area contributed by atoms with Crippen LogP contribution in [0.25, 0.3) is 11.1 Å². The van der Waals surface area contributed by atoms with Gasteiger partial charge in [0.2, 0.25) is 0 Å². The fraction of sp³-hybridized carbons (Fsp3) is 0.389. The number of aromatic hydroxyl groups is 1. The lowest BCUT2D eigenvalue weighted by Gasteiger charge is -2.24. The van der Waals surface area contributed by atoms with Crippen molar-refractivity contribution in [2.75, 3.05) is 10.8 Å². The van der Waals surface area contributed by atoms with Crippen molar-refractivity contribution in [3.63, 3.8) is 0 Å². The third-order valence-electron chi connectivity index (χ3n) is 5.33. The van der Waals surface area contributed by atoms with Gasteiger partial charge in [-0.2, -0.15) is 18.8 Å². The average molecular weight is 419 g/mol. The number of phenols is 1. The number of carbonyl (C=O) groups is 1. The van der Waals surface area contributed by atoms with E-state index in [0.717, 1.165) is 25.7 Å². The summed E-state index contributed by atoms with van der Waals surface area (Å²) in [6, 6.07) is 4.90. The molecule has 4 rings (SSSR count). The molecule has 0 unspecified atom stereocenters. The lowest BCUT2D eigenvalue weighted by Crippen LogP contribution is -2.30. The number of hydrogen-bond acceptors (Lipinski definition) is 6. The molecule has 2 heterocycles. The number of benzene rings is 1. The van der Waals surface area contributed by atoms with Crippen LogP contribution in [0.4, 0.5) is 10.1 Å². The number of carbonyl (C=O) groups excluding carboxylic acids is 1. The maximum atomic E-state index is 15.2. The summed E-state index contributed by atoms with van der Waals surface area (Å²) in [5.41, 5.74) is -0.102. The molecule has 1 aliphatic carbocycles. The molecule has 1 saturated heterocycles. The first-order chi connectivity index (χ1) is 13.8. The highest BCUT2D eigenvalue weighted by atomic mass is 32.2. The zero-order chi connectivity index (χ0) is 20.8. The number of phenolic OH excluding ortho intramolecular Hbond substituents is 1. The minimum absolute atomic E-state index is 0.0529. The maximum absolute atomic E-state index is 15.2. The van der Waals surface area contributed by atoms with Crippen LogP contribution in [0.1, 0.15) is 31.7 Å². The molecule has 11 heteroatoms. The van der Waals surface area contributed by atoms with Gasteiger partial charge in [0.1, 0.15) is 18.0 Å². The first kappa shape index (κ1) is 19.2. The van der Waals surface area contributed by atoms with Crippen molar-refractivity contribution in [2.24, 2.45) is 5.92 Å². The summed E-state index contributed by atoms with van der Waals surface area (Å²) in [7, 11) is -4.27. The van der Waals surface area contributed by atoms with Gasteiger partial charge in [-0.05, 0) is 37.8 Å². The van der Waals surface area contributed by atoms with E-state index in [1.807, 2.05) is 0 Å². The van der Waals surface area contributed by atoms with Crippen LogP contribution in [0.15, 0.2) is 24.5 Å². The quantitative estimate of drug-likeness (QED) is 0.781. The summed E-state index contributed by atoms with van der Waals surface area (Å²) >= 11 is 0. The molecule has 0 radical (unpaired) electrons. The number of aromatic nitrogens is 2. The predicted octanol–water partition coefficient (Wildman–Crippen LogP) is 1.83. The number of nitriles is 1. The predicted molar refractivity (Wildman–Crippen MR) is 100 cm³/mol. The molecule has 1 aliphatic heterocycles. The van der Waals surface area contributed by atoms with Gasteiger partial charge in [-0.1, -0.05) is 0 Å². The second-order valence-electron chi connectivity index (χ2n) is 7.18. The summed E-state index contributed by atoms with van der Waals surface area (Å²) in [6.07, 6.45) is 6.28.